The fourth-order valence-corrected chi connectivity index (χ4v) is 1.75. The standard InChI is InChI=1S/C12H11ClFN3O/c1-7-6-15-17-12(7)16-11(18)5-8-9(13)3-2-4-10(8)14/h2-4,6H,5H2,1H3,(H2,15,16,17,18). The number of benzene rings is 1. The molecule has 94 valence electrons. The molecule has 1 amide bonds. The van der Waals surface area contributed by atoms with Gasteiger partial charge in [0, 0.05) is 16.1 Å². The Hall–Kier alpha value is -1.88. The summed E-state index contributed by atoms with van der Waals surface area (Å²) in [5.74, 6) is -0.333. The maximum atomic E-state index is 13.5. The van der Waals surface area contributed by atoms with Crippen molar-refractivity contribution in [2.45, 2.75) is 13.3 Å². The van der Waals surface area contributed by atoms with Gasteiger partial charge in [-0.3, -0.25) is 9.89 Å². The summed E-state index contributed by atoms with van der Waals surface area (Å²) in [5, 5.41) is 9.27. The summed E-state index contributed by atoms with van der Waals surface area (Å²) in [6.07, 6.45) is 1.47. The molecule has 1 aromatic carbocycles. The Labute approximate surface area is 108 Å². The van der Waals surface area contributed by atoms with Crippen molar-refractivity contribution in [3.63, 3.8) is 0 Å². The topological polar surface area (TPSA) is 57.8 Å². The van der Waals surface area contributed by atoms with Crippen LogP contribution in [0.1, 0.15) is 11.1 Å². The van der Waals surface area contributed by atoms with E-state index in [0.29, 0.717) is 5.82 Å². The fraction of sp³-hybridized carbons (Fsp3) is 0.167. The number of amides is 1. The molecule has 0 saturated heterocycles. The third kappa shape index (κ3) is 2.68. The van der Waals surface area contributed by atoms with E-state index >= 15 is 0 Å². The van der Waals surface area contributed by atoms with E-state index < -0.39 is 5.82 Å². The first-order valence-corrected chi connectivity index (χ1v) is 5.68. The number of carbonyl (C=O) groups is 1. The second-order valence-corrected chi connectivity index (χ2v) is 4.26. The highest BCUT2D eigenvalue weighted by molar-refractivity contribution is 6.31. The van der Waals surface area contributed by atoms with Gasteiger partial charge in [-0.05, 0) is 19.1 Å². The first-order valence-electron chi connectivity index (χ1n) is 5.30. The van der Waals surface area contributed by atoms with Gasteiger partial charge in [0.1, 0.15) is 11.6 Å². The van der Waals surface area contributed by atoms with Crippen molar-refractivity contribution in [1.29, 1.82) is 0 Å². The van der Waals surface area contributed by atoms with Gasteiger partial charge < -0.3 is 5.32 Å². The summed E-state index contributed by atoms with van der Waals surface area (Å²) >= 11 is 5.85. The number of aryl methyl sites for hydroxylation is 1. The van der Waals surface area contributed by atoms with Crippen LogP contribution in [0.2, 0.25) is 5.02 Å². The van der Waals surface area contributed by atoms with Crippen LogP contribution in [0.5, 0.6) is 0 Å². The third-order valence-corrected chi connectivity index (χ3v) is 2.85. The predicted octanol–water partition coefficient (Wildman–Crippen LogP) is 2.69. The normalized spacial score (nSPS) is 10.4. The van der Waals surface area contributed by atoms with Crippen molar-refractivity contribution in [2.75, 3.05) is 5.32 Å². The highest BCUT2D eigenvalue weighted by Gasteiger charge is 2.13. The van der Waals surface area contributed by atoms with Crippen LogP contribution in [0.3, 0.4) is 0 Å². The Balaban J connectivity index is 2.10. The lowest BCUT2D eigenvalue weighted by molar-refractivity contribution is -0.115. The Bertz CT molecular complexity index is 562. The molecule has 0 spiro atoms. The van der Waals surface area contributed by atoms with E-state index in [-0.39, 0.29) is 22.9 Å². The fourth-order valence-electron chi connectivity index (χ4n) is 1.52. The number of hydrogen-bond donors (Lipinski definition) is 2. The molecule has 18 heavy (non-hydrogen) atoms. The zero-order valence-electron chi connectivity index (χ0n) is 9.63. The molecule has 0 radical (unpaired) electrons. The monoisotopic (exact) mass is 267 g/mol. The van der Waals surface area contributed by atoms with Gasteiger partial charge in [-0.25, -0.2) is 4.39 Å². The van der Waals surface area contributed by atoms with Crippen LogP contribution in [0, 0.1) is 12.7 Å². The summed E-state index contributed by atoms with van der Waals surface area (Å²) in [7, 11) is 0. The number of rotatable bonds is 3. The number of hydrogen-bond acceptors (Lipinski definition) is 2. The van der Waals surface area contributed by atoms with Gasteiger partial charge in [-0.15, -0.1) is 0 Å². The van der Waals surface area contributed by atoms with Gasteiger partial charge in [0.2, 0.25) is 5.91 Å². The largest absolute Gasteiger partial charge is 0.311 e. The van der Waals surface area contributed by atoms with Crippen molar-refractivity contribution in [3.8, 4) is 0 Å². The molecule has 1 aromatic heterocycles. The lowest BCUT2D eigenvalue weighted by Gasteiger charge is -2.06. The summed E-state index contributed by atoms with van der Waals surface area (Å²) < 4.78 is 13.5. The van der Waals surface area contributed by atoms with Crippen LogP contribution < -0.4 is 5.32 Å². The Morgan fingerprint density at radius 2 is 2.33 bits per heavy atom. The van der Waals surface area contributed by atoms with Gasteiger partial charge in [0.05, 0.1) is 12.6 Å². The van der Waals surface area contributed by atoms with Gasteiger partial charge in [0.25, 0.3) is 0 Å². The molecule has 0 unspecified atom stereocenters. The van der Waals surface area contributed by atoms with Crippen molar-refractivity contribution in [1.82, 2.24) is 10.2 Å². The molecule has 6 heteroatoms. The minimum atomic E-state index is -0.487. The molecular weight excluding hydrogens is 257 g/mol. The minimum Gasteiger partial charge on any atom is -0.311 e. The summed E-state index contributed by atoms with van der Waals surface area (Å²) in [6, 6.07) is 4.32. The van der Waals surface area contributed by atoms with Gasteiger partial charge in [-0.1, -0.05) is 17.7 Å². The van der Waals surface area contributed by atoms with E-state index in [1.54, 1.807) is 19.2 Å². The number of carbonyl (C=O) groups excluding carboxylic acids is 1. The molecule has 0 aliphatic carbocycles. The molecule has 0 aliphatic rings. The lowest BCUT2D eigenvalue weighted by atomic mass is 10.1. The molecule has 0 atom stereocenters. The molecule has 0 aliphatic heterocycles. The summed E-state index contributed by atoms with van der Waals surface area (Å²) in [6.45, 7) is 1.80. The first kappa shape index (κ1) is 12.6. The quantitative estimate of drug-likeness (QED) is 0.898. The van der Waals surface area contributed by atoms with Crippen molar-refractivity contribution >= 4 is 23.3 Å². The zero-order valence-corrected chi connectivity index (χ0v) is 10.4. The minimum absolute atomic E-state index is 0.121. The number of nitrogens with one attached hydrogen (secondary N) is 2. The van der Waals surface area contributed by atoms with Crippen LogP contribution in [0.25, 0.3) is 0 Å². The third-order valence-electron chi connectivity index (χ3n) is 2.49. The number of anilines is 1. The van der Waals surface area contributed by atoms with Gasteiger partial charge in [-0.2, -0.15) is 5.10 Å². The van der Waals surface area contributed by atoms with Crippen molar-refractivity contribution in [2.24, 2.45) is 0 Å². The van der Waals surface area contributed by atoms with E-state index in [4.69, 9.17) is 11.6 Å². The number of nitrogens with zero attached hydrogens (tertiary/aromatic N) is 1. The lowest BCUT2D eigenvalue weighted by Crippen LogP contribution is -2.16. The SMILES string of the molecule is Cc1cn[nH]c1NC(=O)Cc1c(F)cccc1Cl. The van der Waals surface area contributed by atoms with E-state index in [1.807, 2.05) is 0 Å². The first-order chi connectivity index (χ1) is 8.58. The maximum absolute atomic E-state index is 13.5. The molecule has 2 rings (SSSR count). The number of aromatic amines is 1. The van der Waals surface area contributed by atoms with Crippen molar-refractivity contribution < 1.29 is 9.18 Å². The van der Waals surface area contributed by atoms with Crippen LogP contribution >= 0.6 is 11.6 Å². The van der Waals surface area contributed by atoms with E-state index in [9.17, 15) is 9.18 Å². The van der Waals surface area contributed by atoms with E-state index in [1.165, 1.54) is 12.1 Å². The molecule has 4 nitrogen and oxygen atoms in total. The van der Waals surface area contributed by atoms with Gasteiger partial charge in [0.15, 0.2) is 0 Å². The average Bonchev–Trinajstić information content (AvgIpc) is 2.70. The molecule has 0 saturated carbocycles. The highest BCUT2D eigenvalue weighted by atomic mass is 35.5. The number of halogens is 2. The van der Waals surface area contributed by atoms with Crippen LogP contribution in [-0.4, -0.2) is 16.1 Å². The number of H-pyrrole nitrogens is 1. The highest BCUT2D eigenvalue weighted by Crippen LogP contribution is 2.20. The maximum Gasteiger partial charge on any atom is 0.230 e. The molecule has 0 fully saturated rings. The Morgan fingerprint density at radius 1 is 1.56 bits per heavy atom. The molecule has 1 heterocycles. The zero-order chi connectivity index (χ0) is 13.1. The van der Waals surface area contributed by atoms with Crippen molar-refractivity contribution in [3.05, 3.63) is 46.4 Å². The average molecular weight is 268 g/mol. The molecule has 0 bridgehead atoms. The molecular formula is C12H11ClFN3O. The van der Waals surface area contributed by atoms with E-state index in [2.05, 4.69) is 15.5 Å². The Kier molecular flexibility index (Phi) is 3.62. The van der Waals surface area contributed by atoms with Crippen LogP contribution in [0.15, 0.2) is 24.4 Å². The second-order valence-electron chi connectivity index (χ2n) is 3.85. The van der Waals surface area contributed by atoms with Gasteiger partial charge >= 0.3 is 0 Å². The van der Waals surface area contributed by atoms with E-state index in [0.717, 1.165) is 5.56 Å². The summed E-state index contributed by atoms with van der Waals surface area (Å²) in [4.78, 5) is 11.8. The molecule has 2 aromatic rings. The summed E-state index contributed by atoms with van der Waals surface area (Å²) in [5.41, 5.74) is 0.997. The molecule has 2 N–H and O–H groups in total. The van der Waals surface area contributed by atoms with Crippen LogP contribution in [-0.2, 0) is 11.2 Å². The van der Waals surface area contributed by atoms with Crippen LogP contribution in [0.4, 0.5) is 10.2 Å². The Morgan fingerprint density at radius 3 is 2.94 bits per heavy atom. The smallest absolute Gasteiger partial charge is 0.230 e. The predicted molar refractivity (Wildman–Crippen MR) is 67.1 cm³/mol. The second kappa shape index (κ2) is 5.18. The number of aromatic nitrogens is 2.